The van der Waals surface area contributed by atoms with E-state index in [4.69, 9.17) is 0 Å². The first-order chi connectivity index (χ1) is 8.63. The van der Waals surface area contributed by atoms with E-state index in [0.717, 1.165) is 10.5 Å². The van der Waals surface area contributed by atoms with Gasteiger partial charge in [-0.15, -0.1) is 0 Å². The maximum Gasteiger partial charge on any atom is 0.331 e. The fourth-order valence-electron chi connectivity index (χ4n) is 2.12. The Kier molecular flexibility index (Phi) is 3.41. The summed E-state index contributed by atoms with van der Waals surface area (Å²) in [7, 11) is 0. The zero-order valence-electron chi connectivity index (χ0n) is 10.1. The van der Waals surface area contributed by atoms with Crippen molar-refractivity contribution >= 4 is 17.8 Å². The summed E-state index contributed by atoms with van der Waals surface area (Å²) < 4.78 is 0. The van der Waals surface area contributed by atoms with Gasteiger partial charge in [0.25, 0.3) is 0 Å². The second-order valence-electron chi connectivity index (χ2n) is 4.13. The molecule has 0 aliphatic carbocycles. The molecule has 4 amide bonds. The first-order valence-corrected chi connectivity index (χ1v) is 5.84. The van der Waals surface area contributed by atoms with E-state index in [9.17, 15) is 14.4 Å². The van der Waals surface area contributed by atoms with E-state index in [1.807, 2.05) is 37.3 Å². The minimum absolute atomic E-state index is 0.269. The van der Waals surface area contributed by atoms with Crippen LogP contribution in [0.2, 0.25) is 0 Å². The van der Waals surface area contributed by atoms with Gasteiger partial charge < -0.3 is 0 Å². The largest absolute Gasteiger partial charge is 0.331 e. The van der Waals surface area contributed by atoms with Crippen molar-refractivity contribution in [3.63, 3.8) is 0 Å². The predicted octanol–water partition coefficient (Wildman–Crippen LogP) is 1.61. The van der Waals surface area contributed by atoms with Gasteiger partial charge in [-0.25, -0.2) is 4.79 Å². The Morgan fingerprint density at radius 1 is 1.22 bits per heavy atom. The van der Waals surface area contributed by atoms with Crippen LogP contribution in [0.4, 0.5) is 4.79 Å². The number of carbonyl (C=O) groups excluding carboxylic acids is 3. The number of hydrogen-bond donors (Lipinski definition) is 1. The zero-order chi connectivity index (χ0) is 13.1. The monoisotopic (exact) mass is 246 g/mol. The van der Waals surface area contributed by atoms with E-state index in [2.05, 4.69) is 5.32 Å². The lowest BCUT2D eigenvalue weighted by atomic mass is 10.0. The van der Waals surface area contributed by atoms with Gasteiger partial charge in [0.05, 0.1) is 6.04 Å². The van der Waals surface area contributed by atoms with E-state index >= 15 is 0 Å². The van der Waals surface area contributed by atoms with E-state index < -0.39 is 17.8 Å². The summed E-state index contributed by atoms with van der Waals surface area (Å²) >= 11 is 0. The Hall–Kier alpha value is -2.17. The van der Waals surface area contributed by atoms with E-state index in [0.29, 0.717) is 6.42 Å². The molecule has 1 N–H and O–H groups in total. The van der Waals surface area contributed by atoms with Crippen molar-refractivity contribution in [3.05, 3.63) is 35.9 Å². The highest BCUT2D eigenvalue weighted by molar-refractivity contribution is 6.14. The summed E-state index contributed by atoms with van der Waals surface area (Å²) in [4.78, 5) is 35.8. The van der Waals surface area contributed by atoms with E-state index in [1.54, 1.807) is 0 Å². The number of amides is 4. The molecule has 2 rings (SSSR count). The quantitative estimate of drug-likeness (QED) is 0.824. The molecule has 5 heteroatoms. The molecule has 1 saturated heterocycles. The van der Waals surface area contributed by atoms with Gasteiger partial charge in [-0.2, -0.15) is 0 Å². The van der Waals surface area contributed by atoms with Gasteiger partial charge in [0, 0.05) is 0 Å². The maximum absolute atomic E-state index is 11.8. The number of barbiturate groups is 1. The number of rotatable bonds is 3. The van der Waals surface area contributed by atoms with Crippen LogP contribution in [0.5, 0.6) is 0 Å². The molecule has 0 saturated carbocycles. The van der Waals surface area contributed by atoms with Crippen LogP contribution in [0, 0.1) is 0 Å². The van der Waals surface area contributed by atoms with Crippen LogP contribution >= 0.6 is 0 Å². The lowest BCUT2D eigenvalue weighted by molar-refractivity contribution is -0.137. The molecule has 94 valence electrons. The lowest BCUT2D eigenvalue weighted by Gasteiger charge is -2.32. The van der Waals surface area contributed by atoms with Gasteiger partial charge in [0.1, 0.15) is 6.42 Å². The molecule has 5 nitrogen and oxygen atoms in total. The fourth-order valence-corrected chi connectivity index (χ4v) is 2.12. The SMILES string of the molecule is CCC(c1ccccc1)N1C(=O)CC(=O)NC1=O. The third-order valence-electron chi connectivity index (χ3n) is 2.93. The van der Waals surface area contributed by atoms with Crippen molar-refractivity contribution in [1.82, 2.24) is 10.2 Å². The molecule has 0 radical (unpaired) electrons. The number of hydrogen-bond acceptors (Lipinski definition) is 3. The minimum atomic E-state index is -0.632. The van der Waals surface area contributed by atoms with Gasteiger partial charge in [0.15, 0.2) is 0 Å². The summed E-state index contributed by atoms with van der Waals surface area (Å²) in [5.74, 6) is -0.983. The molecule has 1 aromatic rings. The van der Waals surface area contributed by atoms with Gasteiger partial charge in [-0.3, -0.25) is 19.8 Å². The normalized spacial score (nSPS) is 17.6. The van der Waals surface area contributed by atoms with Gasteiger partial charge in [-0.1, -0.05) is 37.3 Å². The third-order valence-corrected chi connectivity index (χ3v) is 2.93. The van der Waals surface area contributed by atoms with E-state index in [-0.39, 0.29) is 12.5 Å². The molecule has 0 bridgehead atoms. The van der Waals surface area contributed by atoms with E-state index in [1.165, 1.54) is 0 Å². The standard InChI is InChI=1S/C13H14N2O3/c1-2-10(9-6-4-3-5-7-9)15-12(17)8-11(16)14-13(15)18/h3-7,10H,2,8H2,1H3,(H,14,16,18). The Morgan fingerprint density at radius 3 is 2.44 bits per heavy atom. The maximum atomic E-state index is 11.8. The second-order valence-corrected chi connectivity index (χ2v) is 4.13. The van der Waals surface area contributed by atoms with Crippen molar-refractivity contribution in [2.24, 2.45) is 0 Å². The average Bonchev–Trinajstić information content (AvgIpc) is 2.34. The fraction of sp³-hybridized carbons (Fsp3) is 0.308. The van der Waals surface area contributed by atoms with Gasteiger partial charge in [-0.05, 0) is 12.0 Å². The molecule has 0 aromatic heterocycles. The summed E-state index contributed by atoms with van der Waals surface area (Å²) in [6.07, 6.45) is 0.340. The average molecular weight is 246 g/mol. The smallest absolute Gasteiger partial charge is 0.277 e. The first-order valence-electron chi connectivity index (χ1n) is 5.84. The molecule has 1 aliphatic heterocycles. The topological polar surface area (TPSA) is 66.5 Å². The highest BCUT2D eigenvalue weighted by Gasteiger charge is 2.35. The van der Waals surface area contributed by atoms with Gasteiger partial charge in [0.2, 0.25) is 11.8 Å². The summed E-state index contributed by atoms with van der Waals surface area (Å²) in [5.41, 5.74) is 0.887. The van der Waals surface area contributed by atoms with Crippen LogP contribution in [-0.2, 0) is 9.59 Å². The molecule has 0 spiro atoms. The van der Waals surface area contributed by atoms with Crippen LogP contribution in [-0.4, -0.2) is 22.7 Å². The van der Waals surface area contributed by atoms with Crippen LogP contribution in [0.1, 0.15) is 31.4 Å². The van der Waals surface area contributed by atoms with Crippen LogP contribution in [0.15, 0.2) is 30.3 Å². The number of imide groups is 2. The summed E-state index contributed by atoms with van der Waals surface area (Å²) in [6.45, 7) is 1.90. The molecule has 1 atom stereocenters. The number of benzene rings is 1. The molecule has 18 heavy (non-hydrogen) atoms. The molecule has 1 unspecified atom stereocenters. The highest BCUT2D eigenvalue weighted by atomic mass is 16.2. The van der Waals surface area contributed by atoms with Crippen molar-refractivity contribution in [2.45, 2.75) is 25.8 Å². The highest BCUT2D eigenvalue weighted by Crippen LogP contribution is 2.26. The Bertz CT molecular complexity index is 464. The number of carbonyl (C=O) groups is 3. The lowest BCUT2D eigenvalue weighted by Crippen LogP contribution is -2.53. The number of urea groups is 1. The number of nitrogens with zero attached hydrogens (tertiary/aromatic N) is 1. The first kappa shape index (κ1) is 12.3. The van der Waals surface area contributed by atoms with Crippen LogP contribution in [0.25, 0.3) is 0 Å². The Balaban J connectivity index is 2.30. The summed E-state index contributed by atoms with van der Waals surface area (Å²) in [5, 5.41) is 2.17. The molecule has 1 heterocycles. The van der Waals surface area contributed by atoms with Crippen LogP contribution < -0.4 is 5.32 Å². The predicted molar refractivity (Wildman–Crippen MR) is 64.5 cm³/mol. The molecule has 1 aromatic carbocycles. The molecule has 1 aliphatic rings. The third kappa shape index (κ3) is 2.25. The minimum Gasteiger partial charge on any atom is -0.277 e. The molecular formula is C13H14N2O3. The molecule has 1 fully saturated rings. The Labute approximate surface area is 105 Å². The van der Waals surface area contributed by atoms with Crippen molar-refractivity contribution in [1.29, 1.82) is 0 Å². The van der Waals surface area contributed by atoms with Crippen molar-refractivity contribution < 1.29 is 14.4 Å². The number of nitrogens with one attached hydrogen (secondary N) is 1. The second kappa shape index (κ2) is 5.00. The Morgan fingerprint density at radius 2 is 1.89 bits per heavy atom. The zero-order valence-corrected chi connectivity index (χ0v) is 10.1. The summed E-state index contributed by atoms with van der Waals surface area (Å²) in [6, 6.07) is 8.36. The van der Waals surface area contributed by atoms with Crippen LogP contribution in [0.3, 0.4) is 0 Å². The van der Waals surface area contributed by atoms with Gasteiger partial charge >= 0.3 is 6.03 Å². The molecular weight excluding hydrogens is 232 g/mol. The van der Waals surface area contributed by atoms with Crippen molar-refractivity contribution in [3.8, 4) is 0 Å². The van der Waals surface area contributed by atoms with Crippen molar-refractivity contribution in [2.75, 3.05) is 0 Å².